The molecule has 6 atom stereocenters. The average Bonchev–Trinajstić information content (AvgIpc) is 3.00. The first kappa shape index (κ1) is 27.6. The van der Waals surface area contributed by atoms with Crippen molar-refractivity contribution in [3.8, 4) is 0 Å². The van der Waals surface area contributed by atoms with E-state index in [1.54, 1.807) is 5.57 Å². The number of fused-ring (bicyclic) bond motifs is 1. The molecular formula is C27H46CaO3. The first-order valence-electron chi connectivity index (χ1n) is 12.2. The van der Waals surface area contributed by atoms with E-state index in [2.05, 4.69) is 32.6 Å². The van der Waals surface area contributed by atoms with E-state index in [1.165, 1.54) is 38.5 Å². The minimum atomic E-state index is -0.615. The van der Waals surface area contributed by atoms with Crippen LogP contribution in [0.15, 0.2) is 35.5 Å². The van der Waals surface area contributed by atoms with E-state index >= 15 is 0 Å². The molecule has 3 saturated carbocycles. The number of hydrogen-bond donors (Lipinski definition) is 3. The van der Waals surface area contributed by atoms with E-state index in [0.29, 0.717) is 30.1 Å². The van der Waals surface area contributed by atoms with Crippen molar-refractivity contribution in [3.05, 3.63) is 35.5 Å². The fourth-order valence-electron chi connectivity index (χ4n) is 6.74. The van der Waals surface area contributed by atoms with E-state index in [9.17, 15) is 15.3 Å². The Hall–Kier alpha value is 0.360. The Kier molecular flexibility index (Phi) is 9.96. The molecule has 0 heterocycles. The fourth-order valence-corrected chi connectivity index (χ4v) is 6.74. The van der Waals surface area contributed by atoms with Crippen LogP contribution in [-0.2, 0) is 0 Å². The largest absolute Gasteiger partial charge is 2.00 e. The van der Waals surface area contributed by atoms with Crippen molar-refractivity contribution in [3.63, 3.8) is 0 Å². The van der Waals surface area contributed by atoms with Gasteiger partial charge in [-0.05, 0) is 93.1 Å². The Morgan fingerprint density at radius 2 is 1.97 bits per heavy atom. The minimum Gasteiger partial charge on any atom is -1.00 e. The molecule has 0 aromatic heterocycles. The van der Waals surface area contributed by atoms with E-state index < -0.39 is 17.8 Å². The Bertz CT molecular complexity index is 700. The summed E-state index contributed by atoms with van der Waals surface area (Å²) in [6.07, 6.45) is 13.9. The second-order valence-corrected chi connectivity index (χ2v) is 11.3. The predicted molar refractivity (Wildman–Crippen MR) is 132 cm³/mol. The number of aliphatic hydroxyl groups excluding tert-OH is 2. The van der Waals surface area contributed by atoms with Crippen LogP contribution < -0.4 is 0 Å². The molecule has 0 aliphatic heterocycles. The van der Waals surface area contributed by atoms with Gasteiger partial charge >= 0.3 is 37.7 Å². The zero-order valence-corrected chi connectivity index (χ0v) is 22.6. The smallest absolute Gasteiger partial charge is 1.00 e. The van der Waals surface area contributed by atoms with Gasteiger partial charge in [0.25, 0.3) is 0 Å². The Balaban J connectivity index is 0.00000341. The van der Waals surface area contributed by atoms with Crippen molar-refractivity contribution < 1.29 is 18.2 Å². The van der Waals surface area contributed by atoms with Crippen LogP contribution in [0, 0.1) is 23.2 Å². The van der Waals surface area contributed by atoms with Crippen LogP contribution >= 0.6 is 0 Å². The summed E-state index contributed by atoms with van der Waals surface area (Å²) in [4.78, 5) is 0. The molecule has 31 heavy (non-hydrogen) atoms. The summed E-state index contributed by atoms with van der Waals surface area (Å²) in [5.74, 6) is 2.11. The molecule has 3 aliphatic rings. The summed E-state index contributed by atoms with van der Waals surface area (Å²) in [7, 11) is 0. The summed E-state index contributed by atoms with van der Waals surface area (Å²) in [5, 5.41) is 30.2. The van der Waals surface area contributed by atoms with E-state index in [0.717, 1.165) is 29.9 Å². The van der Waals surface area contributed by atoms with E-state index in [4.69, 9.17) is 0 Å². The van der Waals surface area contributed by atoms with Crippen molar-refractivity contribution in [2.45, 2.75) is 110 Å². The van der Waals surface area contributed by atoms with Gasteiger partial charge in [-0.3, -0.25) is 0 Å². The maximum absolute atomic E-state index is 10.1. The average molecular weight is 459 g/mol. The standard InChI is InChI=1S/C27H44O3.Ca.2H/c1-18(8-6-14-26(3,4)30)23-12-13-24-20(9-7-15-27(23,24)5)10-11-21-16-22(28)17-25(29)19(21)2;;;/h10-11,18,22-25,28-30H,2,6-9,12-17H2,1,3-5H3;;;/q;+2;2*-1/t18-,22-,23-,24?,25+,27-;;;/m1.../s1. The van der Waals surface area contributed by atoms with Crippen LogP contribution in [-0.4, -0.2) is 70.9 Å². The zero-order chi connectivity index (χ0) is 22.1. The van der Waals surface area contributed by atoms with Gasteiger partial charge in [-0.2, -0.15) is 0 Å². The van der Waals surface area contributed by atoms with Crippen LogP contribution in [0.5, 0.6) is 0 Å². The molecule has 3 aliphatic carbocycles. The molecule has 3 fully saturated rings. The summed E-state index contributed by atoms with van der Waals surface area (Å²) in [5.41, 5.74) is 3.17. The Morgan fingerprint density at radius 3 is 2.65 bits per heavy atom. The Morgan fingerprint density at radius 1 is 1.26 bits per heavy atom. The second kappa shape index (κ2) is 11.2. The summed E-state index contributed by atoms with van der Waals surface area (Å²) >= 11 is 0. The van der Waals surface area contributed by atoms with E-state index in [-0.39, 0.29) is 40.6 Å². The third kappa shape index (κ3) is 6.70. The monoisotopic (exact) mass is 458 g/mol. The fraction of sp³-hybridized carbons (Fsp3) is 0.778. The summed E-state index contributed by atoms with van der Waals surface area (Å²) < 4.78 is 0. The molecule has 0 radical (unpaired) electrons. The number of rotatable bonds is 6. The van der Waals surface area contributed by atoms with Crippen LogP contribution in [0.2, 0.25) is 0 Å². The molecule has 0 amide bonds. The predicted octanol–water partition coefficient (Wildman–Crippen LogP) is 5.55. The van der Waals surface area contributed by atoms with Gasteiger partial charge in [0, 0.05) is 6.42 Å². The number of hydrogen-bond acceptors (Lipinski definition) is 3. The maximum Gasteiger partial charge on any atom is 2.00 e. The molecule has 0 aromatic carbocycles. The third-order valence-corrected chi connectivity index (χ3v) is 8.44. The van der Waals surface area contributed by atoms with Gasteiger partial charge in [0.1, 0.15) is 0 Å². The molecule has 1 unspecified atom stereocenters. The van der Waals surface area contributed by atoms with E-state index in [1.807, 2.05) is 13.8 Å². The minimum absolute atomic E-state index is 0. The molecular weight excluding hydrogens is 412 g/mol. The SMILES string of the molecule is C=C1C(=CC=C2CCC[C@@]3(C)C2CC[C@@H]3[C@H](C)CCCC(C)(C)O)C[C@@H](O)C[C@@H]1O.[Ca+2].[H-].[H-]. The molecule has 0 aromatic rings. The Labute approximate surface area is 223 Å². The molecule has 3 nitrogen and oxygen atoms in total. The van der Waals surface area contributed by atoms with Crippen molar-refractivity contribution in [1.82, 2.24) is 0 Å². The normalized spacial score (nSPS) is 37.6. The molecule has 0 spiro atoms. The van der Waals surface area contributed by atoms with Crippen molar-refractivity contribution in [2.75, 3.05) is 0 Å². The van der Waals surface area contributed by atoms with Gasteiger partial charge in [-0.1, -0.05) is 51.0 Å². The maximum atomic E-state index is 10.1. The van der Waals surface area contributed by atoms with Crippen LogP contribution in [0.25, 0.3) is 0 Å². The van der Waals surface area contributed by atoms with Gasteiger partial charge in [0.05, 0.1) is 17.8 Å². The van der Waals surface area contributed by atoms with Gasteiger partial charge in [0.15, 0.2) is 0 Å². The van der Waals surface area contributed by atoms with Gasteiger partial charge in [-0.25, -0.2) is 0 Å². The molecule has 0 bridgehead atoms. The molecule has 4 heteroatoms. The molecule has 0 saturated heterocycles. The quantitative estimate of drug-likeness (QED) is 0.457. The van der Waals surface area contributed by atoms with Crippen LogP contribution in [0.1, 0.15) is 94.8 Å². The number of allylic oxidation sites excluding steroid dienone is 3. The number of aliphatic hydroxyl groups is 3. The third-order valence-electron chi connectivity index (χ3n) is 8.44. The topological polar surface area (TPSA) is 60.7 Å². The molecule has 174 valence electrons. The van der Waals surface area contributed by atoms with Crippen LogP contribution in [0.3, 0.4) is 0 Å². The first-order valence-corrected chi connectivity index (χ1v) is 12.2. The van der Waals surface area contributed by atoms with Crippen LogP contribution in [0.4, 0.5) is 0 Å². The zero-order valence-electron chi connectivity index (χ0n) is 22.4. The molecule has 3 rings (SSSR count). The summed E-state index contributed by atoms with van der Waals surface area (Å²) in [6.45, 7) is 12.8. The summed E-state index contributed by atoms with van der Waals surface area (Å²) in [6, 6.07) is 0. The van der Waals surface area contributed by atoms with Gasteiger partial charge in [0.2, 0.25) is 0 Å². The molecule has 3 N–H and O–H groups in total. The first-order chi connectivity index (χ1) is 14.0. The second-order valence-electron chi connectivity index (χ2n) is 11.3. The van der Waals surface area contributed by atoms with Gasteiger partial charge < -0.3 is 18.2 Å². The van der Waals surface area contributed by atoms with Crippen molar-refractivity contribution in [2.24, 2.45) is 23.2 Å². The van der Waals surface area contributed by atoms with Crippen molar-refractivity contribution in [1.29, 1.82) is 0 Å². The van der Waals surface area contributed by atoms with Crippen molar-refractivity contribution >= 4 is 37.7 Å². The van der Waals surface area contributed by atoms with Gasteiger partial charge in [-0.15, -0.1) is 0 Å².